The molecule has 1 amide bonds. The van der Waals surface area contributed by atoms with Crippen molar-refractivity contribution in [2.24, 2.45) is 5.92 Å². The van der Waals surface area contributed by atoms with Crippen molar-refractivity contribution in [2.75, 3.05) is 0 Å². The Morgan fingerprint density at radius 3 is 2.18 bits per heavy atom. The van der Waals surface area contributed by atoms with Crippen LogP contribution in [0.4, 0.5) is 4.79 Å². The van der Waals surface area contributed by atoms with Crippen LogP contribution in [0.25, 0.3) is 0 Å². The van der Waals surface area contributed by atoms with Crippen LogP contribution in [0.5, 0.6) is 0 Å². The van der Waals surface area contributed by atoms with E-state index < -0.39 is 0 Å². The lowest BCUT2D eigenvalue weighted by Gasteiger charge is -2.28. The summed E-state index contributed by atoms with van der Waals surface area (Å²) in [6.07, 6.45) is 5.66. The maximum Gasteiger partial charge on any atom is 0.407 e. The van der Waals surface area contributed by atoms with Crippen molar-refractivity contribution in [1.29, 1.82) is 0 Å². The maximum absolute atomic E-state index is 11.3. The van der Waals surface area contributed by atoms with Gasteiger partial charge < -0.3 is 10.1 Å². The largest absolute Gasteiger partial charge is 0.447 e. The molecule has 0 aliphatic heterocycles. The SMILES string of the molecule is CC.CCC1CCC(NC(=O)OC(C)C)CC1. The minimum atomic E-state index is -0.259. The van der Waals surface area contributed by atoms with Crippen molar-refractivity contribution in [2.45, 2.75) is 78.9 Å². The summed E-state index contributed by atoms with van der Waals surface area (Å²) in [6.45, 7) is 9.98. The first-order valence-corrected chi connectivity index (χ1v) is 7.09. The summed E-state index contributed by atoms with van der Waals surface area (Å²) in [6, 6.07) is 0.332. The average molecular weight is 243 g/mol. The number of ether oxygens (including phenoxy) is 1. The number of amides is 1. The molecule has 0 atom stereocenters. The Kier molecular flexibility index (Phi) is 8.92. The molecule has 0 aromatic rings. The molecule has 3 nitrogen and oxygen atoms in total. The Hall–Kier alpha value is -0.730. The molecule has 0 heterocycles. The van der Waals surface area contributed by atoms with Gasteiger partial charge in [-0.3, -0.25) is 0 Å². The molecule has 0 saturated heterocycles. The molecule has 3 heteroatoms. The van der Waals surface area contributed by atoms with Crippen LogP contribution in [0.2, 0.25) is 0 Å². The van der Waals surface area contributed by atoms with Gasteiger partial charge in [0.05, 0.1) is 6.10 Å². The first-order chi connectivity index (χ1) is 8.11. The molecule has 1 aliphatic rings. The van der Waals surface area contributed by atoms with Crippen LogP contribution < -0.4 is 5.32 Å². The number of alkyl carbamates (subject to hydrolysis) is 1. The fourth-order valence-corrected chi connectivity index (χ4v) is 2.13. The zero-order valence-electron chi connectivity index (χ0n) is 12.1. The standard InChI is InChI=1S/C12H23NO2.C2H6/c1-4-10-5-7-11(8-6-10)13-12(14)15-9(2)3;1-2/h9-11H,4-8H2,1-3H3,(H,13,14);1-2H3. The van der Waals surface area contributed by atoms with Crippen LogP contribution >= 0.6 is 0 Å². The topological polar surface area (TPSA) is 38.3 Å². The molecule has 17 heavy (non-hydrogen) atoms. The number of nitrogens with one attached hydrogen (secondary N) is 1. The second-order valence-electron chi connectivity index (χ2n) is 4.72. The Morgan fingerprint density at radius 1 is 1.24 bits per heavy atom. The number of hydrogen-bond acceptors (Lipinski definition) is 2. The first-order valence-electron chi connectivity index (χ1n) is 7.09. The molecule has 0 radical (unpaired) electrons. The van der Waals surface area contributed by atoms with Crippen LogP contribution in [0.15, 0.2) is 0 Å². The Bertz CT molecular complexity index is 196. The van der Waals surface area contributed by atoms with Gasteiger partial charge in [0.2, 0.25) is 0 Å². The van der Waals surface area contributed by atoms with E-state index in [9.17, 15) is 4.79 Å². The fraction of sp³-hybridized carbons (Fsp3) is 0.929. The molecule has 1 rings (SSSR count). The zero-order valence-corrected chi connectivity index (χ0v) is 12.1. The van der Waals surface area contributed by atoms with E-state index in [0.717, 1.165) is 18.8 Å². The highest BCUT2D eigenvalue weighted by atomic mass is 16.6. The predicted octanol–water partition coefficient (Wildman–Crippen LogP) is 4.12. The summed E-state index contributed by atoms with van der Waals surface area (Å²) >= 11 is 0. The fourth-order valence-electron chi connectivity index (χ4n) is 2.13. The molecule has 1 saturated carbocycles. The van der Waals surface area contributed by atoms with Crippen LogP contribution in [0.3, 0.4) is 0 Å². The van der Waals surface area contributed by atoms with Crippen molar-refractivity contribution >= 4 is 6.09 Å². The predicted molar refractivity (Wildman–Crippen MR) is 72.1 cm³/mol. The minimum absolute atomic E-state index is 0.0306. The summed E-state index contributed by atoms with van der Waals surface area (Å²) in [5.41, 5.74) is 0. The van der Waals surface area contributed by atoms with E-state index in [1.54, 1.807) is 0 Å². The molecule has 1 fully saturated rings. The third-order valence-electron chi connectivity index (χ3n) is 3.09. The van der Waals surface area contributed by atoms with E-state index in [-0.39, 0.29) is 12.2 Å². The van der Waals surface area contributed by atoms with Gasteiger partial charge >= 0.3 is 6.09 Å². The van der Waals surface area contributed by atoms with E-state index in [2.05, 4.69) is 12.2 Å². The van der Waals surface area contributed by atoms with Gasteiger partial charge in [-0.2, -0.15) is 0 Å². The van der Waals surface area contributed by atoms with Crippen LogP contribution in [-0.4, -0.2) is 18.2 Å². The monoisotopic (exact) mass is 243 g/mol. The Morgan fingerprint density at radius 2 is 1.76 bits per heavy atom. The second-order valence-corrected chi connectivity index (χ2v) is 4.72. The molecule has 1 aliphatic carbocycles. The van der Waals surface area contributed by atoms with Gasteiger partial charge in [0.25, 0.3) is 0 Å². The molecular weight excluding hydrogens is 214 g/mol. The molecule has 0 aromatic carbocycles. The summed E-state index contributed by atoms with van der Waals surface area (Å²) in [7, 11) is 0. The van der Waals surface area contributed by atoms with E-state index >= 15 is 0 Å². The second kappa shape index (κ2) is 9.32. The summed E-state index contributed by atoms with van der Waals surface area (Å²) in [4.78, 5) is 11.3. The molecule has 1 N–H and O–H groups in total. The molecule has 0 aromatic heterocycles. The number of rotatable bonds is 3. The number of carbonyl (C=O) groups is 1. The molecule has 0 unspecified atom stereocenters. The maximum atomic E-state index is 11.3. The van der Waals surface area contributed by atoms with Gasteiger partial charge in [0, 0.05) is 6.04 Å². The highest BCUT2D eigenvalue weighted by molar-refractivity contribution is 5.67. The van der Waals surface area contributed by atoms with Gasteiger partial charge in [0.15, 0.2) is 0 Å². The average Bonchev–Trinajstić information content (AvgIpc) is 2.31. The molecule has 0 bridgehead atoms. The summed E-state index contributed by atoms with van der Waals surface area (Å²) in [5.74, 6) is 0.865. The van der Waals surface area contributed by atoms with E-state index in [0.29, 0.717) is 6.04 Å². The van der Waals surface area contributed by atoms with E-state index in [1.807, 2.05) is 27.7 Å². The van der Waals surface area contributed by atoms with Gasteiger partial charge in [0.1, 0.15) is 0 Å². The lowest BCUT2D eigenvalue weighted by Crippen LogP contribution is -2.38. The van der Waals surface area contributed by atoms with Crippen molar-refractivity contribution in [1.82, 2.24) is 5.32 Å². The highest BCUT2D eigenvalue weighted by Crippen LogP contribution is 2.26. The molecule has 102 valence electrons. The van der Waals surface area contributed by atoms with Crippen LogP contribution in [0, 0.1) is 5.92 Å². The summed E-state index contributed by atoms with van der Waals surface area (Å²) < 4.78 is 5.06. The molecule has 0 spiro atoms. The lowest BCUT2D eigenvalue weighted by atomic mass is 9.85. The number of hydrogen-bond donors (Lipinski definition) is 1. The van der Waals surface area contributed by atoms with Crippen molar-refractivity contribution < 1.29 is 9.53 Å². The van der Waals surface area contributed by atoms with Gasteiger partial charge in [-0.15, -0.1) is 0 Å². The highest BCUT2D eigenvalue weighted by Gasteiger charge is 2.21. The third-order valence-corrected chi connectivity index (χ3v) is 3.09. The minimum Gasteiger partial charge on any atom is -0.447 e. The first kappa shape index (κ1) is 16.3. The lowest BCUT2D eigenvalue weighted by molar-refractivity contribution is 0.108. The third kappa shape index (κ3) is 7.24. The van der Waals surface area contributed by atoms with Gasteiger partial charge in [-0.05, 0) is 45.4 Å². The van der Waals surface area contributed by atoms with Gasteiger partial charge in [-0.1, -0.05) is 27.2 Å². The Balaban J connectivity index is 0.00000121. The van der Waals surface area contributed by atoms with Crippen LogP contribution in [-0.2, 0) is 4.74 Å². The van der Waals surface area contributed by atoms with E-state index in [4.69, 9.17) is 4.74 Å². The zero-order chi connectivity index (χ0) is 13.3. The van der Waals surface area contributed by atoms with Crippen molar-refractivity contribution in [3.63, 3.8) is 0 Å². The number of carbonyl (C=O) groups excluding carboxylic acids is 1. The van der Waals surface area contributed by atoms with Gasteiger partial charge in [-0.25, -0.2) is 4.79 Å². The normalized spacial score (nSPS) is 23.6. The smallest absolute Gasteiger partial charge is 0.407 e. The van der Waals surface area contributed by atoms with Crippen molar-refractivity contribution in [3.05, 3.63) is 0 Å². The quantitative estimate of drug-likeness (QED) is 0.810. The summed E-state index contributed by atoms with van der Waals surface area (Å²) in [5, 5.41) is 2.93. The van der Waals surface area contributed by atoms with Crippen molar-refractivity contribution in [3.8, 4) is 0 Å². The van der Waals surface area contributed by atoms with Crippen LogP contribution in [0.1, 0.15) is 66.7 Å². The Labute approximate surface area is 106 Å². The molecular formula is C14H29NO2. The van der Waals surface area contributed by atoms with E-state index in [1.165, 1.54) is 19.3 Å².